The van der Waals surface area contributed by atoms with Crippen molar-refractivity contribution in [3.05, 3.63) is 42.2 Å². The lowest BCUT2D eigenvalue weighted by Gasteiger charge is -2.30. The van der Waals surface area contributed by atoms with Gasteiger partial charge in [0.15, 0.2) is 11.5 Å². The number of benzene rings is 1. The number of halogens is 1. The highest BCUT2D eigenvalue weighted by molar-refractivity contribution is 5.60. The Balaban J connectivity index is 1.74. The van der Waals surface area contributed by atoms with E-state index in [0.29, 0.717) is 35.6 Å². The van der Waals surface area contributed by atoms with Crippen LogP contribution < -0.4 is 4.90 Å². The Bertz CT molecular complexity index is 928. The second-order valence-electron chi connectivity index (χ2n) is 7.22. The van der Waals surface area contributed by atoms with E-state index in [1.165, 1.54) is 12.5 Å². The largest absolute Gasteiger partial charge is 0.383 e. The highest BCUT2D eigenvalue weighted by Crippen LogP contribution is 2.31. The minimum atomic E-state index is -0.333. The lowest BCUT2D eigenvalue weighted by atomic mass is 10.1. The Morgan fingerprint density at radius 3 is 2.78 bits per heavy atom. The third-order valence-electron chi connectivity index (χ3n) is 5.30. The Morgan fingerprint density at radius 2 is 2.04 bits per heavy atom. The van der Waals surface area contributed by atoms with Crippen molar-refractivity contribution in [2.45, 2.75) is 32.2 Å². The molecule has 4 rings (SSSR count). The van der Waals surface area contributed by atoms with Crippen LogP contribution in [-0.4, -0.2) is 46.1 Å². The van der Waals surface area contributed by atoms with Crippen molar-refractivity contribution >= 4 is 11.5 Å². The van der Waals surface area contributed by atoms with Gasteiger partial charge in [-0.2, -0.15) is 4.52 Å². The van der Waals surface area contributed by atoms with Crippen molar-refractivity contribution in [3.8, 4) is 11.4 Å². The molecule has 1 aliphatic carbocycles. The first-order chi connectivity index (χ1) is 13.2. The predicted molar refractivity (Wildman–Crippen MR) is 102 cm³/mol. The van der Waals surface area contributed by atoms with Gasteiger partial charge in [-0.25, -0.2) is 4.39 Å². The number of hydrogen-bond donors (Lipinski definition) is 0. The van der Waals surface area contributed by atoms with Gasteiger partial charge in [0.05, 0.1) is 12.2 Å². The molecule has 2 unspecified atom stereocenters. The maximum absolute atomic E-state index is 14.3. The molecule has 7 heteroatoms. The van der Waals surface area contributed by atoms with Gasteiger partial charge in [-0.05, 0) is 49.4 Å². The van der Waals surface area contributed by atoms with Crippen molar-refractivity contribution in [1.29, 1.82) is 0 Å². The van der Waals surface area contributed by atoms with Crippen LogP contribution in [0.15, 0.2) is 36.4 Å². The standard InChI is InChI=1S/C20H24FN5O/c1-14-7-8-15(13-14)25(11-12-27-2)19-10-9-18-22-23-20(26(18)24-19)16-5-3-4-6-17(16)21/h3-6,9-10,14-15H,7-8,11-13H2,1-2H3. The minimum Gasteiger partial charge on any atom is -0.383 e. The molecule has 27 heavy (non-hydrogen) atoms. The first kappa shape index (κ1) is 17.9. The Labute approximate surface area is 158 Å². The van der Waals surface area contributed by atoms with Crippen LogP contribution in [0.4, 0.5) is 10.2 Å². The average molecular weight is 369 g/mol. The molecule has 0 bridgehead atoms. The summed E-state index contributed by atoms with van der Waals surface area (Å²) in [5.41, 5.74) is 0.996. The maximum atomic E-state index is 14.3. The molecule has 3 aromatic rings. The molecule has 0 saturated heterocycles. The fourth-order valence-corrected chi connectivity index (χ4v) is 3.88. The molecule has 0 N–H and O–H groups in total. The first-order valence-corrected chi connectivity index (χ1v) is 9.40. The Kier molecular flexibility index (Phi) is 5.03. The molecule has 1 aromatic carbocycles. The summed E-state index contributed by atoms with van der Waals surface area (Å²) in [5, 5.41) is 13.1. The predicted octanol–water partition coefficient (Wildman–Crippen LogP) is 3.57. The van der Waals surface area contributed by atoms with Crippen LogP contribution in [0.1, 0.15) is 26.2 Å². The van der Waals surface area contributed by atoms with E-state index in [9.17, 15) is 4.39 Å². The first-order valence-electron chi connectivity index (χ1n) is 9.40. The Morgan fingerprint density at radius 1 is 1.19 bits per heavy atom. The van der Waals surface area contributed by atoms with Crippen molar-refractivity contribution in [2.24, 2.45) is 5.92 Å². The number of methoxy groups -OCH3 is 1. The number of hydrogen-bond acceptors (Lipinski definition) is 5. The van der Waals surface area contributed by atoms with E-state index in [0.717, 1.165) is 25.2 Å². The lowest BCUT2D eigenvalue weighted by molar-refractivity contribution is 0.202. The fourth-order valence-electron chi connectivity index (χ4n) is 3.88. The number of rotatable bonds is 6. The fraction of sp³-hybridized carbons (Fsp3) is 0.450. The smallest absolute Gasteiger partial charge is 0.188 e. The highest BCUT2D eigenvalue weighted by atomic mass is 19.1. The van der Waals surface area contributed by atoms with Gasteiger partial charge in [0.2, 0.25) is 0 Å². The van der Waals surface area contributed by atoms with E-state index >= 15 is 0 Å². The number of aromatic nitrogens is 4. The number of nitrogens with zero attached hydrogens (tertiary/aromatic N) is 5. The van der Waals surface area contributed by atoms with Crippen molar-refractivity contribution in [1.82, 2.24) is 19.8 Å². The molecular formula is C20H24FN5O. The van der Waals surface area contributed by atoms with Crippen LogP contribution in [0.25, 0.3) is 17.0 Å². The summed E-state index contributed by atoms with van der Waals surface area (Å²) >= 11 is 0. The van der Waals surface area contributed by atoms with Crippen molar-refractivity contribution in [2.75, 3.05) is 25.2 Å². The normalized spacial score (nSPS) is 19.7. The third-order valence-corrected chi connectivity index (χ3v) is 5.30. The maximum Gasteiger partial charge on any atom is 0.188 e. The zero-order chi connectivity index (χ0) is 18.8. The summed E-state index contributed by atoms with van der Waals surface area (Å²) in [7, 11) is 1.71. The second-order valence-corrected chi connectivity index (χ2v) is 7.22. The molecule has 1 aliphatic rings. The van der Waals surface area contributed by atoms with Gasteiger partial charge < -0.3 is 9.64 Å². The van der Waals surface area contributed by atoms with E-state index < -0.39 is 0 Å². The quantitative estimate of drug-likeness (QED) is 0.665. The van der Waals surface area contributed by atoms with E-state index in [2.05, 4.69) is 22.0 Å². The van der Waals surface area contributed by atoms with Crippen molar-refractivity contribution < 1.29 is 9.13 Å². The molecule has 0 spiro atoms. The molecular weight excluding hydrogens is 345 g/mol. The van der Waals surface area contributed by atoms with Gasteiger partial charge in [-0.3, -0.25) is 0 Å². The third kappa shape index (κ3) is 3.51. The minimum absolute atomic E-state index is 0.333. The number of ether oxygens (including phenoxy) is 1. The van der Waals surface area contributed by atoms with Crippen LogP contribution in [-0.2, 0) is 4.74 Å². The highest BCUT2D eigenvalue weighted by Gasteiger charge is 2.28. The van der Waals surface area contributed by atoms with E-state index in [1.807, 2.05) is 12.1 Å². The van der Waals surface area contributed by atoms with Crippen LogP contribution in [0.5, 0.6) is 0 Å². The van der Waals surface area contributed by atoms with Gasteiger partial charge in [-0.15, -0.1) is 15.3 Å². The van der Waals surface area contributed by atoms with Crippen molar-refractivity contribution in [3.63, 3.8) is 0 Å². The molecule has 2 aromatic heterocycles. The molecule has 2 heterocycles. The summed E-state index contributed by atoms with van der Waals surface area (Å²) in [6, 6.07) is 10.9. The molecule has 1 fully saturated rings. The lowest BCUT2D eigenvalue weighted by Crippen LogP contribution is -2.37. The average Bonchev–Trinajstić information content (AvgIpc) is 3.29. The van der Waals surface area contributed by atoms with Crippen LogP contribution in [0.3, 0.4) is 0 Å². The van der Waals surface area contributed by atoms with Gasteiger partial charge in [0, 0.05) is 19.7 Å². The van der Waals surface area contributed by atoms with E-state index in [-0.39, 0.29) is 5.82 Å². The molecule has 1 saturated carbocycles. The monoisotopic (exact) mass is 369 g/mol. The summed E-state index contributed by atoms with van der Waals surface area (Å²) in [5.74, 6) is 1.64. The van der Waals surface area contributed by atoms with Gasteiger partial charge in [-0.1, -0.05) is 19.1 Å². The zero-order valence-electron chi connectivity index (χ0n) is 15.7. The summed E-state index contributed by atoms with van der Waals surface area (Å²) in [4.78, 5) is 2.30. The summed E-state index contributed by atoms with van der Waals surface area (Å²) in [6.45, 7) is 3.69. The summed E-state index contributed by atoms with van der Waals surface area (Å²) in [6.07, 6.45) is 3.52. The molecule has 2 atom stereocenters. The number of fused-ring (bicyclic) bond motifs is 1. The van der Waals surface area contributed by atoms with Gasteiger partial charge >= 0.3 is 0 Å². The summed E-state index contributed by atoms with van der Waals surface area (Å²) < 4.78 is 21.2. The molecule has 142 valence electrons. The van der Waals surface area contributed by atoms with E-state index in [1.54, 1.807) is 29.8 Å². The van der Waals surface area contributed by atoms with Crippen LogP contribution in [0.2, 0.25) is 0 Å². The number of anilines is 1. The molecule has 0 amide bonds. The zero-order valence-corrected chi connectivity index (χ0v) is 15.7. The topological polar surface area (TPSA) is 55.5 Å². The van der Waals surface area contributed by atoms with E-state index in [4.69, 9.17) is 9.84 Å². The van der Waals surface area contributed by atoms with Crippen LogP contribution >= 0.6 is 0 Å². The second kappa shape index (κ2) is 7.60. The molecule has 0 radical (unpaired) electrons. The molecule has 6 nitrogen and oxygen atoms in total. The molecule has 0 aliphatic heterocycles. The van der Waals surface area contributed by atoms with Gasteiger partial charge in [0.1, 0.15) is 11.6 Å². The van der Waals surface area contributed by atoms with Crippen LogP contribution in [0, 0.1) is 11.7 Å². The van der Waals surface area contributed by atoms with Gasteiger partial charge in [0.25, 0.3) is 0 Å². The Hall–Kier alpha value is -2.54. The SMILES string of the molecule is COCCN(c1ccc2nnc(-c3ccccc3F)n2n1)C1CCC(C)C1.